The highest BCUT2D eigenvalue weighted by molar-refractivity contribution is 9.10. The minimum atomic E-state index is -0.281. The fraction of sp³-hybridized carbons (Fsp3) is 0.158. The number of H-pyrrole nitrogens is 2. The monoisotopic (exact) mass is 826 g/mol. The summed E-state index contributed by atoms with van der Waals surface area (Å²) in [5.74, 6) is 2.75. The first kappa shape index (κ1) is 35.1. The molecule has 4 aromatic carbocycles. The standard InChI is InChI=1S/2C19H16BrN3O3/c2*1-25-14-5-3-2-4-11(14)9-21-10-16-22-17-13-8-12(20)6-7-15(13)26-18(17)19(24)23-16/h2*2-8,21H,9-10H2,1H3,(H,22,23,24). The molecule has 0 atom stereocenters. The highest BCUT2D eigenvalue weighted by atomic mass is 79.9. The minimum Gasteiger partial charge on any atom is -0.496 e. The van der Waals surface area contributed by atoms with Crippen molar-refractivity contribution in [3.8, 4) is 11.5 Å². The highest BCUT2D eigenvalue weighted by Crippen LogP contribution is 2.29. The van der Waals surface area contributed by atoms with Crippen molar-refractivity contribution in [2.75, 3.05) is 14.2 Å². The van der Waals surface area contributed by atoms with Crippen molar-refractivity contribution in [2.45, 2.75) is 26.2 Å². The van der Waals surface area contributed by atoms with Crippen LogP contribution in [0.2, 0.25) is 0 Å². The van der Waals surface area contributed by atoms with Gasteiger partial charge in [-0.1, -0.05) is 68.3 Å². The van der Waals surface area contributed by atoms with Gasteiger partial charge >= 0.3 is 0 Å². The molecule has 14 heteroatoms. The van der Waals surface area contributed by atoms with Crippen LogP contribution in [0.5, 0.6) is 11.5 Å². The van der Waals surface area contributed by atoms with Gasteiger partial charge in [0.25, 0.3) is 11.1 Å². The summed E-state index contributed by atoms with van der Waals surface area (Å²) >= 11 is 6.88. The van der Waals surface area contributed by atoms with E-state index in [4.69, 9.17) is 18.3 Å². The van der Waals surface area contributed by atoms with Crippen LogP contribution in [0.1, 0.15) is 22.8 Å². The summed E-state index contributed by atoms with van der Waals surface area (Å²) in [6, 6.07) is 26.8. The molecule has 8 rings (SSSR count). The number of ether oxygens (including phenoxy) is 2. The Morgan fingerprint density at radius 2 is 1.04 bits per heavy atom. The van der Waals surface area contributed by atoms with Crippen molar-refractivity contribution in [3.05, 3.63) is 137 Å². The number of hydrogen-bond donors (Lipinski definition) is 4. The number of hydrogen-bond acceptors (Lipinski definition) is 10. The van der Waals surface area contributed by atoms with Gasteiger partial charge in [0.05, 0.1) is 27.3 Å². The number of benzene rings is 4. The molecule has 0 bridgehead atoms. The molecule has 12 nitrogen and oxygen atoms in total. The van der Waals surface area contributed by atoms with Gasteiger partial charge in [-0.2, -0.15) is 0 Å². The number of fused-ring (bicyclic) bond motifs is 6. The maximum Gasteiger partial charge on any atom is 0.294 e. The van der Waals surface area contributed by atoms with Crippen molar-refractivity contribution >= 4 is 76.0 Å². The van der Waals surface area contributed by atoms with Crippen LogP contribution in [0, 0.1) is 0 Å². The van der Waals surface area contributed by atoms with Gasteiger partial charge in [0.15, 0.2) is 0 Å². The van der Waals surface area contributed by atoms with Crippen molar-refractivity contribution in [1.29, 1.82) is 0 Å². The summed E-state index contributed by atoms with van der Waals surface area (Å²) in [4.78, 5) is 39.4. The van der Waals surface area contributed by atoms with Crippen molar-refractivity contribution in [2.24, 2.45) is 0 Å². The normalized spacial score (nSPS) is 11.3. The van der Waals surface area contributed by atoms with Gasteiger partial charge in [0.1, 0.15) is 45.3 Å². The fourth-order valence-corrected chi connectivity index (χ4v) is 6.56. The van der Waals surface area contributed by atoms with Crippen molar-refractivity contribution in [1.82, 2.24) is 30.6 Å². The Hall–Kier alpha value is -5.28. The molecule has 0 unspecified atom stereocenters. The van der Waals surface area contributed by atoms with Crippen molar-refractivity contribution in [3.63, 3.8) is 0 Å². The van der Waals surface area contributed by atoms with Crippen LogP contribution >= 0.6 is 31.9 Å². The number of furan rings is 2. The van der Waals surface area contributed by atoms with Crippen LogP contribution in [0.3, 0.4) is 0 Å². The summed E-state index contributed by atoms with van der Waals surface area (Å²) in [6.07, 6.45) is 0. The number of nitrogens with one attached hydrogen (secondary N) is 4. The van der Waals surface area contributed by atoms with Gasteiger partial charge in [0, 0.05) is 43.9 Å². The molecule has 0 fully saturated rings. The number of nitrogens with zero attached hydrogens (tertiary/aromatic N) is 2. The molecule has 0 spiro atoms. The van der Waals surface area contributed by atoms with Gasteiger partial charge in [-0.05, 0) is 48.5 Å². The van der Waals surface area contributed by atoms with Crippen LogP contribution in [0.15, 0.2) is 112 Å². The van der Waals surface area contributed by atoms with E-state index in [2.05, 4.69) is 62.4 Å². The van der Waals surface area contributed by atoms with E-state index in [1.807, 2.05) is 84.9 Å². The Labute approximate surface area is 312 Å². The second-order valence-corrected chi connectivity index (χ2v) is 13.5. The SMILES string of the molecule is COc1ccccc1CNCc1nc2c(oc3ccc(Br)cc32)c(=O)[nH]1.COc1ccccc1CNCc1nc2c(oc3ccc(Br)cc32)c(=O)[nH]1. The van der Waals surface area contributed by atoms with E-state index in [0.717, 1.165) is 42.3 Å². The fourth-order valence-electron chi connectivity index (χ4n) is 5.84. The van der Waals surface area contributed by atoms with E-state index in [0.29, 0.717) is 60.0 Å². The second kappa shape index (κ2) is 15.5. The topological polar surface area (TPSA) is 160 Å². The molecule has 0 aliphatic rings. The van der Waals surface area contributed by atoms with Gasteiger partial charge in [0.2, 0.25) is 11.2 Å². The molecule has 264 valence electrons. The third kappa shape index (κ3) is 7.51. The van der Waals surface area contributed by atoms with Crippen molar-refractivity contribution < 1.29 is 18.3 Å². The Bertz CT molecular complexity index is 2480. The Morgan fingerprint density at radius 3 is 1.46 bits per heavy atom. The number of aromatic nitrogens is 4. The minimum absolute atomic E-state index is 0.242. The first-order chi connectivity index (χ1) is 25.3. The Kier molecular flexibility index (Phi) is 10.5. The van der Waals surface area contributed by atoms with Gasteiger partial charge in [-0.15, -0.1) is 0 Å². The maximum absolute atomic E-state index is 12.3. The van der Waals surface area contributed by atoms with Gasteiger partial charge < -0.3 is 38.9 Å². The third-order valence-corrected chi connectivity index (χ3v) is 9.26. The molecule has 0 saturated carbocycles. The van der Waals surface area contributed by atoms with Crippen LogP contribution < -0.4 is 31.2 Å². The zero-order valence-corrected chi connectivity index (χ0v) is 31.2. The van der Waals surface area contributed by atoms with E-state index < -0.39 is 0 Å². The molecule has 4 heterocycles. The summed E-state index contributed by atoms with van der Waals surface area (Å²) in [6.45, 7) is 2.04. The second-order valence-electron chi connectivity index (χ2n) is 11.7. The molecule has 0 amide bonds. The molecular formula is C38H32Br2N6O6. The molecular weight excluding hydrogens is 796 g/mol. The van der Waals surface area contributed by atoms with Crippen LogP contribution in [-0.2, 0) is 26.2 Å². The number of para-hydroxylation sites is 2. The number of halogens is 2. The summed E-state index contributed by atoms with van der Waals surface area (Å²) in [7, 11) is 3.29. The van der Waals surface area contributed by atoms with E-state index in [1.54, 1.807) is 14.2 Å². The number of methoxy groups -OCH3 is 2. The molecule has 4 N–H and O–H groups in total. The molecule has 0 aliphatic carbocycles. The lowest BCUT2D eigenvalue weighted by Crippen LogP contribution is -2.19. The average Bonchev–Trinajstić information content (AvgIpc) is 3.71. The lowest BCUT2D eigenvalue weighted by molar-refractivity contribution is 0.407. The summed E-state index contributed by atoms with van der Waals surface area (Å²) in [5.41, 5.74) is 4.41. The molecule has 0 radical (unpaired) electrons. The zero-order valence-electron chi connectivity index (χ0n) is 28.0. The predicted molar refractivity (Wildman–Crippen MR) is 207 cm³/mol. The van der Waals surface area contributed by atoms with E-state index in [9.17, 15) is 9.59 Å². The van der Waals surface area contributed by atoms with Gasteiger partial charge in [-0.25, -0.2) is 9.97 Å². The van der Waals surface area contributed by atoms with Crippen LogP contribution in [0.25, 0.3) is 44.1 Å². The quantitative estimate of drug-likeness (QED) is 0.109. The first-order valence-electron chi connectivity index (χ1n) is 16.2. The first-order valence-corrected chi connectivity index (χ1v) is 17.8. The highest BCUT2D eigenvalue weighted by Gasteiger charge is 2.15. The molecule has 4 aromatic heterocycles. The van der Waals surface area contributed by atoms with Crippen LogP contribution in [0.4, 0.5) is 0 Å². The molecule has 8 aromatic rings. The largest absolute Gasteiger partial charge is 0.496 e. The number of rotatable bonds is 10. The lowest BCUT2D eigenvalue weighted by atomic mass is 10.2. The lowest BCUT2D eigenvalue weighted by Gasteiger charge is -2.09. The third-order valence-electron chi connectivity index (χ3n) is 8.27. The maximum atomic E-state index is 12.3. The summed E-state index contributed by atoms with van der Waals surface area (Å²) < 4.78 is 23.8. The molecule has 0 saturated heterocycles. The average molecular weight is 829 g/mol. The molecule has 52 heavy (non-hydrogen) atoms. The smallest absolute Gasteiger partial charge is 0.294 e. The van der Waals surface area contributed by atoms with Gasteiger partial charge in [-0.3, -0.25) is 9.59 Å². The van der Waals surface area contributed by atoms with E-state index in [1.165, 1.54) is 0 Å². The van der Waals surface area contributed by atoms with E-state index >= 15 is 0 Å². The molecule has 0 aliphatic heterocycles. The summed E-state index contributed by atoms with van der Waals surface area (Å²) in [5, 5.41) is 8.19. The zero-order chi connectivity index (χ0) is 36.2. The number of aromatic amines is 2. The Morgan fingerprint density at radius 1 is 0.615 bits per heavy atom. The van der Waals surface area contributed by atoms with Crippen LogP contribution in [-0.4, -0.2) is 34.2 Å². The predicted octanol–water partition coefficient (Wildman–Crippen LogP) is 7.46. The van der Waals surface area contributed by atoms with E-state index in [-0.39, 0.29) is 22.3 Å². The Balaban J connectivity index is 0.000000162.